The molecule has 4 heteroatoms. The van der Waals surface area contributed by atoms with Gasteiger partial charge in [0, 0.05) is 12.4 Å². The lowest BCUT2D eigenvalue weighted by Crippen LogP contribution is -2.21. The van der Waals surface area contributed by atoms with Gasteiger partial charge in [-0.05, 0) is 11.4 Å². The number of anilines is 1. The van der Waals surface area contributed by atoms with Crippen molar-refractivity contribution in [3.63, 3.8) is 0 Å². The number of rotatable bonds is 1. The van der Waals surface area contributed by atoms with Gasteiger partial charge in [0.2, 0.25) is 0 Å². The molecular formula is C6H9N3S. The van der Waals surface area contributed by atoms with Crippen LogP contribution in [0.15, 0.2) is 21.8 Å². The van der Waals surface area contributed by atoms with Crippen LogP contribution in [0.2, 0.25) is 0 Å². The molecule has 3 N–H and O–H groups in total. The van der Waals surface area contributed by atoms with Gasteiger partial charge in [0.05, 0.1) is 5.69 Å². The number of nitrogens with two attached hydrogens (primary N) is 1. The normalized spacial score (nSPS) is 11.5. The Labute approximate surface area is 63.6 Å². The molecule has 54 valence electrons. The molecule has 0 atom stereocenters. The molecule has 0 amide bonds. The summed E-state index contributed by atoms with van der Waals surface area (Å²) in [4.78, 5) is 3.75. The van der Waals surface area contributed by atoms with Gasteiger partial charge in [0.25, 0.3) is 0 Å². The number of aliphatic imine (C=N–C) groups is 1. The molecular weight excluding hydrogens is 146 g/mol. The van der Waals surface area contributed by atoms with E-state index in [1.807, 2.05) is 16.8 Å². The predicted molar refractivity (Wildman–Crippen MR) is 45.5 cm³/mol. The molecule has 0 spiro atoms. The number of thiophene rings is 1. The number of hydrogen-bond acceptors (Lipinski definition) is 2. The van der Waals surface area contributed by atoms with Gasteiger partial charge in [-0.25, -0.2) is 0 Å². The Kier molecular flexibility index (Phi) is 2.28. The van der Waals surface area contributed by atoms with Crippen molar-refractivity contribution in [2.45, 2.75) is 0 Å². The molecule has 10 heavy (non-hydrogen) atoms. The molecule has 0 unspecified atom stereocenters. The van der Waals surface area contributed by atoms with Crippen LogP contribution in [0.5, 0.6) is 0 Å². The second-order valence-electron chi connectivity index (χ2n) is 1.75. The number of nitrogens with one attached hydrogen (secondary N) is 1. The first-order chi connectivity index (χ1) is 4.83. The van der Waals surface area contributed by atoms with Crippen LogP contribution in [0.1, 0.15) is 0 Å². The lowest BCUT2D eigenvalue weighted by Gasteiger charge is -1.98. The van der Waals surface area contributed by atoms with Crippen LogP contribution >= 0.6 is 11.3 Å². The van der Waals surface area contributed by atoms with Crippen molar-refractivity contribution >= 4 is 23.0 Å². The highest BCUT2D eigenvalue weighted by Gasteiger charge is 1.90. The Hall–Kier alpha value is -1.03. The Morgan fingerprint density at radius 3 is 3.10 bits per heavy atom. The summed E-state index contributed by atoms with van der Waals surface area (Å²) in [6.45, 7) is 0. The third kappa shape index (κ3) is 1.73. The van der Waals surface area contributed by atoms with Gasteiger partial charge in [-0.1, -0.05) is 0 Å². The zero-order valence-electron chi connectivity index (χ0n) is 5.66. The fourth-order valence-corrected chi connectivity index (χ4v) is 1.13. The first-order valence-electron chi connectivity index (χ1n) is 2.84. The molecule has 1 heterocycles. The van der Waals surface area contributed by atoms with E-state index in [-0.39, 0.29) is 0 Å². The van der Waals surface area contributed by atoms with Crippen LogP contribution in [0.25, 0.3) is 0 Å². The van der Waals surface area contributed by atoms with E-state index in [4.69, 9.17) is 5.73 Å². The molecule has 0 aliphatic rings. The highest BCUT2D eigenvalue weighted by molar-refractivity contribution is 7.08. The Morgan fingerprint density at radius 2 is 2.60 bits per heavy atom. The van der Waals surface area contributed by atoms with E-state index in [0.717, 1.165) is 5.69 Å². The van der Waals surface area contributed by atoms with Gasteiger partial charge in [-0.3, -0.25) is 4.99 Å². The lowest BCUT2D eigenvalue weighted by molar-refractivity contribution is 1.38. The van der Waals surface area contributed by atoms with E-state index in [0.29, 0.717) is 5.96 Å². The summed E-state index contributed by atoms with van der Waals surface area (Å²) in [5, 5.41) is 6.86. The van der Waals surface area contributed by atoms with Gasteiger partial charge in [-0.15, -0.1) is 0 Å². The zero-order chi connectivity index (χ0) is 7.40. The molecule has 0 saturated heterocycles. The maximum absolute atomic E-state index is 5.41. The van der Waals surface area contributed by atoms with E-state index in [2.05, 4.69) is 10.3 Å². The van der Waals surface area contributed by atoms with Crippen molar-refractivity contribution in [2.75, 3.05) is 12.4 Å². The summed E-state index contributed by atoms with van der Waals surface area (Å²) in [6.07, 6.45) is 0. The Balaban J connectivity index is 2.56. The third-order valence-corrected chi connectivity index (χ3v) is 1.72. The van der Waals surface area contributed by atoms with Crippen molar-refractivity contribution in [3.05, 3.63) is 16.8 Å². The highest BCUT2D eigenvalue weighted by Crippen LogP contribution is 2.10. The average Bonchev–Trinajstić information content (AvgIpc) is 2.40. The van der Waals surface area contributed by atoms with Crippen LogP contribution in [-0.4, -0.2) is 13.0 Å². The highest BCUT2D eigenvalue weighted by atomic mass is 32.1. The minimum Gasteiger partial charge on any atom is -0.370 e. The third-order valence-electron chi connectivity index (χ3n) is 1.03. The van der Waals surface area contributed by atoms with E-state index in [1.165, 1.54) is 0 Å². The van der Waals surface area contributed by atoms with Crippen LogP contribution in [0.4, 0.5) is 5.69 Å². The topological polar surface area (TPSA) is 50.4 Å². The molecule has 0 bridgehead atoms. The summed E-state index contributed by atoms with van der Waals surface area (Å²) in [5.41, 5.74) is 6.40. The van der Waals surface area contributed by atoms with Crippen molar-refractivity contribution in [1.29, 1.82) is 0 Å². The molecule has 1 aromatic rings. The largest absolute Gasteiger partial charge is 0.370 e. The van der Waals surface area contributed by atoms with Gasteiger partial charge in [0.15, 0.2) is 5.96 Å². The summed E-state index contributed by atoms with van der Waals surface area (Å²) in [7, 11) is 1.65. The molecule has 0 radical (unpaired) electrons. The Morgan fingerprint density at radius 1 is 1.80 bits per heavy atom. The standard InChI is InChI=1S/C6H9N3S/c1-8-6(7)9-5-2-3-10-4-5/h2-4H,1H3,(H3,7,8,9). The fraction of sp³-hybridized carbons (Fsp3) is 0.167. The summed E-state index contributed by atoms with van der Waals surface area (Å²) < 4.78 is 0. The second kappa shape index (κ2) is 3.22. The second-order valence-corrected chi connectivity index (χ2v) is 2.53. The van der Waals surface area contributed by atoms with Crippen molar-refractivity contribution < 1.29 is 0 Å². The summed E-state index contributed by atoms with van der Waals surface area (Å²) >= 11 is 1.62. The van der Waals surface area contributed by atoms with Gasteiger partial charge >= 0.3 is 0 Å². The molecule has 0 aromatic carbocycles. The SMILES string of the molecule is CN=C(N)Nc1ccsc1. The van der Waals surface area contributed by atoms with Crippen molar-refractivity contribution in [3.8, 4) is 0 Å². The van der Waals surface area contributed by atoms with Crippen LogP contribution in [-0.2, 0) is 0 Å². The number of nitrogens with zero attached hydrogens (tertiary/aromatic N) is 1. The van der Waals surface area contributed by atoms with E-state index < -0.39 is 0 Å². The quantitative estimate of drug-likeness (QED) is 0.471. The molecule has 0 saturated carbocycles. The molecule has 0 aliphatic heterocycles. The van der Waals surface area contributed by atoms with Gasteiger partial charge < -0.3 is 11.1 Å². The zero-order valence-corrected chi connectivity index (χ0v) is 6.48. The summed E-state index contributed by atoms with van der Waals surface area (Å²) in [5.74, 6) is 0.443. The maximum atomic E-state index is 5.41. The molecule has 0 aliphatic carbocycles. The van der Waals surface area contributed by atoms with Crippen LogP contribution in [0.3, 0.4) is 0 Å². The molecule has 1 rings (SSSR count). The van der Waals surface area contributed by atoms with Crippen molar-refractivity contribution in [1.82, 2.24) is 0 Å². The maximum Gasteiger partial charge on any atom is 0.192 e. The van der Waals surface area contributed by atoms with E-state index in [1.54, 1.807) is 18.4 Å². The molecule has 0 fully saturated rings. The molecule has 1 aromatic heterocycles. The monoisotopic (exact) mass is 155 g/mol. The molecule has 3 nitrogen and oxygen atoms in total. The smallest absolute Gasteiger partial charge is 0.192 e. The first kappa shape index (κ1) is 7.08. The van der Waals surface area contributed by atoms with Crippen LogP contribution < -0.4 is 11.1 Å². The Bertz CT molecular complexity index is 215. The lowest BCUT2D eigenvalue weighted by atomic mass is 10.5. The van der Waals surface area contributed by atoms with Gasteiger partial charge in [0.1, 0.15) is 0 Å². The first-order valence-corrected chi connectivity index (χ1v) is 3.78. The van der Waals surface area contributed by atoms with E-state index >= 15 is 0 Å². The minimum atomic E-state index is 0.443. The number of guanidine groups is 1. The number of hydrogen-bond donors (Lipinski definition) is 2. The van der Waals surface area contributed by atoms with Crippen molar-refractivity contribution in [2.24, 2.45) is 10.7 Å². The minimum absolute atomic E-state index is 0.443. The van der Waals surface area contributed by atoms with E-state index in [9.17, 15) is 0 Å². The predicted octanol–water partition coefficient (Wildman–Crippen LogP) is 1.10. The van der Waals surface area contributed by atoms with Gasteiger partial charge in [-0.2, -0.15) is 11.3 Å². The van der Waals surface area contributed by atoms with Crippen LogP contribution in [0, 0.1) is 0 Å². The average molecular weight is 155 g/mol. The fourth-order valence-electron chi connectivity index (χ4n) is 0.539. The summed E-state index contributed by atoms with van der Waals surface area (Å²) in [6, 6.07) is 1.95.